The van der Waals surface area contributed by atoms with Crippen molar-refractivity contribution >= 4 is 0 Å². The SMILES string of the molecule is CN(C)CCCCCC1=C[C@H]2C[C@@H](O)[C@H](/C=C/[C@](C)(O)c3ccccc3)[C@H]2C1. The van der Waals surface area contributed by atoms with Gasteiger partial charge in [0.1, 0.15) is 5.60 Å². The number of aliphatic hydroxyl groups is 2. The van der Waals surface area contributed by atoms with Crippen LogP contribution in [0.2, 0.25) is 0 Å². The van der Waals surface area contributed by atoms with Crippen LogP contribution in [0.4, 0.5) is 0 Å². The van der Waals surface area contributed by atoms with Crippen LogP contribution in [0.5, 0.6) is 0 Å². The van der Waals surface area contributed by atoms with Gasteiger partial charge in [0.25, 0.3) is 0 Å². The number of hydrogen-bond donors (Lipinski definition) is 2. The first-order chi connectivity index (χ1) is 13.4. The number of hydrogen-bond acceptors (Lipinski definition) is 3. The molecule has 1 aromatic carbocycles. The lowest BCUT2D eigenvalue weighted by molar-refractivity contribution is 0.107. The van der Waals surface area contributed by atoms with Gasteiger partial charge in [-0.3, -0.25) is 0 Å². The van der Waals surface area contributed by atoms with Crippen molar-refractivity contribution in [1.29, 1.82) is 0 Å². The third kappa shape index (κ3) is 5.34. The average Bonchev–Trinajstić information content (AvgIpc) is 3.16. The zero-order valence-corrected chi connectivity index (χ0v) is 17.7. The first-order valence-electron chi connectivity index (χ1n) is 10.9. The van der Waals surface area contributed by atoms with E-state index in [0.717, 1.165) is 18.4 Å². The molecule has 0 bridgehead atoms. The number of unbranched alkanes of at least 4 members (excludes halogenated alkanes) is 2. The Morgan fingerprint density at radius 2 is 1.89 bits per heavy atom. The minimum atomic E-state index is -1.000. The highest BCUT2D eigenvalue weighted by molar-refractivity contribution is 5.27. The Kier molecular flexibility index (Phi) is 7.14. The Morgan fingerprint density at radius 1 is 1.14 bits per heavy atom. The van der Waals surface area contributed by atoms with Gasteiger partial charge in [-0.05, 0) is 77.1 Å². The lowest BCUT2D eigenvalue weighted by Gasteiger charge is -2.23. The number of rotatable bonds is 9. The summed E-state index contributed by atoms with van der Waals surface area (Å²) in [6, 6.07) is 9.75. The molecule has 0 aromatic heterocycles. The summed E-state index contributed by atoms with van der Waals surface area (Å²) in [5.74, 6) is 1.14. The van der Waals surface area contributed by atoms with Crippen LogP contribution in [-0.2, 0) is 5.60 Å². The van der Waals surface area contributed by atoms with Crippen LogP contribution < -0.4 is 0 Å². The molecule has 0 spiro atoms. The predicted molar refractivity (Wildman–Crippen MR) is 116 cm³/mol. The van der Waals surface area contributed by atoms with Crippen molar-refractivity contribution in [2.75, 3.05) is 20.6 Å². The fourth-order valence-corrected chi connectivity index (χ4v) is 4.92. The van der Waals surface area contributed by atoms with Crippen LogP contribution in [0.25, 0.3) is 0 Å². The molecule has 0 unspecified atom stereocenters. The van der Waals surface area contributed by atoms with Gasteiger partial charge < -0.3 is 15.1 Å². The smallest absolute Gasteiger partial charge is 0.105 e. The molecule has 3 heteroatoms. The van der Waals surface area contributed by atoms with Crippen molar-refractivity contribution in [2.45, 2.75) is 57.2 Å². The molecule has 0 amide bonds. The molecule has 154 valence electrons. The van der Waals surface area contributed by atoms with E-state index in [1.807, 2.05) is 43.3 Å². The zero-order chi connectivity index (χ0) is 20.1. The molecular weight excluding hydrogens is 346 g/mol. The van der Waals surface area contributed by atoms with Crippen LogP contribution in [0.3, 0.4) is 0 Å². The molecule has 3 rings (SSSR count). The minimum absolute atomic E-state index is 0.141. The van der Waals surface area contributed by atoms with Crippen molar-refractivity contribution in [3.63, 3.8) is 0 Å². The second kappa shape index (κ2) is 9.39. The molecule has 2 aliphatic carbocycles. The lowest BCUT2D eigenvalue weighted by atomic mass is 9.86. The van der Waals surface area contributed by atoms with E-state index in [2.05, 4.69) is 31.1 Å². The van der Waals surface area contributed by atoms with Gasteiger partial charge >= 0.3 is 0 Å². The standard InChI is InChI=1S/C25H37NO2/c1-25(28,21-11-7-4-8-12-21)14-13-22-23-17-19(16-20(23)18-24(22)27)10-6-5-9-15-26(2)3/h4,7-8,11-14,16,20,22-24,27-28H,5-6,9-10,15,17-18H2,1-3H3/b14-13+/t20-,22+,23-,24+,25-/m0/s1. The zero-order valence-electron chi connectivity index (χ0n) is 17.7. The van der Waals surface area contributed by atoms with Crippen LogP contribution in [0.1, 0.15) is 51.0 Å². The summed E-state index contributed by atoms with van der Waals surface area (Å²) in [6.07, 6.45) is 13.1. The molecule has 1 fully saturated rings. The van der Waals surface area contributed by atoms with Gasteiger partial charge in [-0.15, -0.1) is 0 Å². The maximum Gasteiger partial charge on any atom is 0.105 e. The number of benzene rings is 1. The molecule has 0 aliphatic heterocycles. The molecule has 0 radical (unpaired) electrons. The van der Waals surface area contributed by atoms with E-state index < -0.39 is 5.60 Å². The number of allylic oxidation sites excluding steroid dienone is 2. The second-order valence-electron chi connectivity index (χ2n) is 9.22. The molecule has 0 heterocycles. The summed E-state index contributed by atoms with van der Waals surface area (Å²) in [5, 5.41) is 21.4. The van der Waals surface area contributed by atoms with Crippen molar-refractivity contribution in [1.82, 2.24) is 4.90 Å². The third-order valence-corrected chi connectivity index (χ3v) is 6.55. The van der Waals surface area contributed by atoms with Crippen LogP contribution in [-0.4, -0.2) is 41.9 Å². The van der Waals surface area contributed by atoms with Crippen molar-refractivity contribution in [3.05, 3.63) is 59.7 Å². The molecule has 1 aromatic rings. The molecule has 1 saturated carbocycles. The highest BCUT2D eigenvalue weighted by atomic mass is 16.3. The minimum Gasteiger partial charge on any atom is -0.392 e. The largest absolute Gasteiger partial charge is 0.392 e. The molecule has 28 heavy (non-hydrogen) atoms. The van der Waals surface area contributed by atoms with Gasteiger partial charge in [-0.1, -0.05) is 60.6 Å². The van der Waals surface area contributed by atoms with Gasteiger partial charge in [0.05, 0.1) is 6.10 Å². The summed E-state index contributed by atoms with van der Waals surface area (Å²) in [7, 11) is 4.27. The monoisotopic (exact) mass is 383 g/mol. The van der Waals surface area contributed by atoms with Crippen LogP contribution >= 0.6 is 0 Å². The number of aliphatic hydroxyl groups excluding tert-OH is 1. The van der Waals surface area contributed by atoms with E-state index in [-0.39, 0.29) is 12.0 Å². The van der Waals surface area contributed by atoms with E-state index in [0.29, 0.717) is 11.8 Å². The van der Waals surface area contributed by atoms with E-state index in [4.69, 9.17) is 0 Å². The van der Waals surface area contributed by atoms with E-state index in [1.165, 1.54) is 32.2 Å². The van der Waals surface area contributed by atoms with Gasteiger partial charge in [0.2, 0.25) is 0 Å². The summed E-state index contributed by atoms with van der Waals surface area (Å²) < 4.78 is 0. The van der Waals surface area contributed by atoms with Crippen molar-refractivity contribution in [2.24, 2.45) is 17.8 Å². The summed E-state index contributed by atoms with van der Waals surface area (Å²) in [5.41, 5.74) is 1.47. The normalized spacial score (nSPS) is 29.3. The summed E-state index contributed by atoms with van der Waals surface area (Å²) >= 11 is 0. The van der Waals surface area contributed by atoms with Crippen LogP contribution in [0.15, 0.2) is 54.1 Å². The fourth-order valence-electron chi connectivity index (χ4n) is 4.92. The van der Waals surface area contributed by atoms with Gasteiger partial charge in [-0.25, -0.2) is 0 Å². The van der Waals surface area contributed by atoms with E-state index in [1.54, 1.807) is 5.57 Å². The molecule has 5 atom stereocenters. The molecular formula is C25H37NO2. The molecule has 2 aliphatic rings. The van der Waals surface area contributed by atoms with Crippen molar-refractivity contribution in [3.8, 4) is 0 Å². The Bertz CT molecular complexity index is 677. The Hall–Kier alpha value is -1.42. The van der Waals surface area contributed by atoms with Gasteiger partial charge in [0, 0.05) is 5.92 Å². The topological polar surface area (TPSA) is 43.7 Å². The third-order valence-electron chi connectivity index (χ3n) is 6.55. The fraction of sp³-hybridized carbons (Fsp3) is 0.600. The molecule has 3 nitrogen and oxygen atoms in total. The summed E-state index contributed by atoms with van der Waals surface area (Å²) in [4.78, 5) is 2.25. The van der Waals surface area contributed by atoms with Crippen molar-refractivity contribution < 1.29 is 10.2 Å². The first-order valence-corrected chi connectivity index (χ1v) is 10.9. The highest BCUT2D eigenvalue weighted by Crippen LogP contribution is 2.48. The maximum atomic E-state index is 10.8. The Morgan fingerprint density at radius 3 is 2.61 bits per heavy atom. The van der Waals surface area contributed by atoms with Gasteiger partial charge in [-0.2, -0.15) is 0 Å². The average molecular weight is 384 g/mol. The quantitative estimate of drug-likeness (QED) is 0.487. The molecule has 2 N–H and O–H groups in total. The number of fused-ring (bicyclic) bond motifs is 1. The molecule has 0 saturated heterocycles. The lowest BCUT2D eigenvalue weighted by Crippen LogP contribution is -2.21. The van der Waals surface area contributed by atoms with Gasteiger partial charge in [0.15, 0.2) is 0 Å². The van der Waals surface area contributed by atoms with E-state index in [9.17, 15) is 10.2 Å². The van der Waals surface area contributed by atoms with E-state index >= 15 is 0 Å². The Balaban J connectivity index is 1.54. The number of nitrogens with zero attached hydrogens (tertiary/aromatic N) is 1. The summed E-state index contributed by atoms with van der Waals surface area (Å²) in [6.45, 7) is 2.99. The first kappa shape index (κ1) is 21.3. The highest BCUT2D eigenvalue weighted by Gasteiger charge is 2.43. The second-order valence-corrected chi connectivity index (χ2v) is 9.22. The maximum absolute atomic E-state index is 10.8. The van der Waals surface area contributed by atoms with Crippen LogP contribution in [0, 0.1) is 17.8 Å². The predicted octanol–water partition coefficient (Wildman–Crippen LogP) is 4.52. The Labute approximate surface area is 170 Å².